The number of halogens is 1. The van der Waals surface area contributed by atoms with Gasteiger partial charge in [-0.25, -0.2) is 0 Å². The first kappa shape index (κ1) is 7.59. The molecule has 1 aliphatic rings. The lowest BCUT2D eigenvalue weighted by Crippen LogP contribution is -2.23. The molecule has 0 nitrogen and oxygen atoms in total. The smallest absolute Gasteiger partial charge is 0.0174 e. The zero-order valence-electron chi connectivity index (χ0n) is 6.23. The summed E-state index contributed by atoms with van der Waals surface area (Å²) < 4.78 is 0. The second-order valence-corrected chi connectivity index (χ2v) is 4.46. The van der Waals surface area contributed by atoms with Crippen LogP contribution in [0.1, 0.15) is 33.1 Å². The van der Waals surface area contributed by atoms with Gasteiger partial charge >= 0.3 is 0 Å². The molecule has 1 rings (SSSR count). The summed E-state index contributed by atoms with van der Waals surface area (Å²) in [6.45, 7) is 4.71. The number of hydrogen-bond donors (Lipinski definition) is 0. The number of rotatable bonds is 0. The predicted molar refractivity (Wildman–Crippen MR) is 44.9 cm³/mol. The van der Waals surface area contributed by atoms with Crippen LogP contribution < -0.4 is 0 Å². The molecule has 3 unspecified atom stereocenters. The van der Waals surface area contributed by atoms with Crippen LogP contribution in [0.25, 0.3) is 0 Å². The van der Waals surface area contributed by atoms with E-state index in [9.17, 15) is 0 Å². The molecule has 1 fully saturated rings. The van der Waals surface area contributed by atoms with Gasteiger partial charge in [0.05, 0.1) is 0 Å². The van der Waals surface area contributed by atoms with E-state index in [0.29, 0.717) is 0 Å². The highest BCUT2D eigenvalue weighted by molar-refractivity contribution is 9.09. The second-order valence-electron chi connectivity index (χ2n) is 3.28. The molecule has 0 amide bonds. The molecule has 0 heterocycles. The van der Waals surface area contributed by atoms with Crippen molar-refractivity contribution in [3.05, 3.63) is 0 Å². The van der Waals surface area contributed by atoms with Crippen LogP contribution in [0.15, 0.2) is 0 Å². The zero-order valence-corrected chi connectivity index (χ0v) is 7.82. The fourth-order valence-corrected chi connectivity index (χ4v) is 2.36. The Balaban J connectivity index is 2.41. The third-order valence-electron chi connectivity index (χ3n) is 2.61. The van der Waals surface area contributed by atoms with Gasteiger partial charge in [-0.1, -0.05) is 42.6 Å². The molecule has 0 N–H and O–H groups in total. The van der Waals surface area contributed by atoms with E-state index in [-0.39, 0.29) is 0 Å². The first-order valence-electron chi connectivity index (χ1n) is 3.86. The average molecular weight is 191 g/mol. The highest BCUT2D eigenvalue weighted by Gasteiger charge is 2.24. The van der Waals surface area contributed by atoms with Crippen LogP contribution in [0.3, 0.4) is 0 Å². The summed E-state index contributed by atoms with van der Waals surface area (Å²) in [7, 11) is 0. The molecule has 1 heteroatoms. The Hall–Kier alpha value is 0.480. The van der Waals surface area contributed by atoms with Crippen LogP contribution in [-0.4, -0.2) is 4.83 Å². The van der Waals surface area contributed by atoms with E-state index in [4.69, 9.17) is 0 Å². The SMILES string of the molecule is CC1CCCC(Br)C1C. The van der Waals surface area contributed by atoms with E-state index < -0.39 is 0 Å². The molecule has 0 radical (unpaired) electrons. The monoisotopic (exact) mass is 190 g/mol. The van der Waals surface area contributed by atoms with Gasteiger partial charge in [0.15, 0.2) is 0 Å². The van der Waals surface area contributed by atoms with Gasteiger partial charge in [0.2, 0.25) is 0 Å². The Morgan fingerprint density at radius 2 is 1.89 bits per heavy atom. The topological polar surface area (TPSA) is 0 Å². The molecule has 1 aliphatic carbocycles. The van der Waals surface area contributed by atoms with Gasteiger partial charge in [0.1, 0.15) is 0 Å². The van der Waals surface area contributed by atoms with Gasteiger partial charge in [0.25, 0.3) is 0 Å². The molecule has 3 atom stereocenters. The van der Waals surface area contributed by atoms with Crippen molar-refractivity contribution in [1.29, 1.82) is 0 Å². The van der Waals surface area contributed by atoms with Crippen LogP contribution in [0.5, 0.6) is 0 Å². The van der Waals surface area contributed by atoms with Crippen LogP contribution in [-0.2, 0) is 0 Å². The maximum Gasteiger partial charge on any atom is 0.0174 e. The molecule has 1 saturated carbocycles. The van der Waals surface area contributed by atoms with Gasteiger partial charge in [-0.2, -0.15) is 0 Å². The third kappa shape index (κ3) is 1.70. The maximum atomic E-state index is 3.69. The minimum atomic E-state index is 0.793. The van der Waals surface area contributed by atoms with Gasteiger partial charge in [0, 0.05) is 4.83 Å². The molecule has 0 aromatic heterocycles. The summed E-state index contributed by atoms with van der Waals surface area (Å²) in [6.07, 6.45) is 4.23. The van der Waals surface area contributed by atoms with Gasteiger partial charge < -0.3 is 0 Å². The molecule has 0 saturated heterocycles. The quantitative estimate of drug-likeness (QED) is 0.516. The Kier molecular flexibility index (Phi) is 2.57. The summed E-state index contributed by atoms with van der Waals surface area (Å²) >= 11 is 3.69. The average Bonchev–Trinajstić information content (AvgIpc) is 1.83. The predicted octanol–water partition coefficient (Wildman–Crippen LogP) is 3.21. The summed E-state index contributed by atoms with van der Waals surface area (Å²) in [6, 6.07) is 0. The molecule has 0 aliphatic heterocycles. The molecule has 0 aromatic carbocycles. The van der Waals surface area contributed by atoms with E-state index in [1.165, 1.54) is 19.3 Å². The highest BCUT2D eigenvalue weighted by Crippen LogP contribution is 2.33. The minimum Gasteiger partial charge on any atom is -0.0888 e. The summed E-state index contributed by atoms with van der Waals surface area (Å²) in [4.78, 5) is 0.793. The second kappa shape index (κ2) is 3.05. The third-order valence-corrected chi connectivity index (χ3v) is 3.90. The molecule has 9 heavy (non-hydrogen) atoms. The zero-order chi connectivity index (χ0) is 6.85. The number of hydrogen-bond acceptors (Lipinski definition) is 0. The van der Waals surface area contributed by atoms with Crippen molar-refractivity contribution in [3.63, 3.8) is 0 Å². The van der Waals surface area contributed by atoms with Gasteiger partial charge in [-0.15, -0.1) is 0 Å². The van der Waals surface area contributed by atoms with Crippen molar-refractivity contribution in [2.75, 3.05) is 0 Å². The number of alkyl halides is 1. The van der Waals surface area contributed by atoms with Crippen LogP contribution in [0.4, 0.5) is 0 Å². The largest absolute Gasteiger partial charge is 0.0888 e. The van der Waals surface area contributed by atoms with Gasteiger partial charge in [-0.3, -0.25) is 0 Å². The van der Waals surface area contributed by atoms with Crippen molar-refractivity contribution in [3.8, 4) is 0 Å². The van der Waals surface area contributed by atoms with Crippen LogP contribution in [0, 0.1) is 11.8 Å². The molecule has 0 spiro atoms. The lowest BCUT2D eigenvalue weighted by atomic mass is 9.82. The maximum absolute atomic E-state index is 3.69. The highest BCUT2D eigenvalue weighted by atomic mass is 79.9. The molecule has 0 aromatic rings. The lowest BCUT2D eigenvalue weighted by Gasteiger charge is -2.30. The summed E-state index contributed by atoms with van der Waals surface area (Å²) in [5.74, 6) is 1.82. The molecular weight excluding hydrogens is 176 g/mol. The Morgan fingerprint density at radius 1 is 1.22 bits per heavy atom. The van der Waals surface area contributed by atoms with E-state index in [0.717, 1.165) is 16.7 Å². The summed E-state index contributed by atoms with van der Waals surface area (Å²) in [5, 5.41) is 0. The molecule has 0 bridgehead atoms. The standard InChI is InChI=1S/C8H15Br/c1-6-4-3-5-8(9)7(6)2/h6-8H,3-5H2,1-2H3. The van der Waals surface area contributed by atoms with Crippen molar-refractivity contribution < 1.29 is 0 Å². The van der Waals surface area contributed by atoms with Crippen molar-refractivity contribution in [2.24, 2.45) is 11.8 Å². The van der Waals surface area contributed by atoms with Crippen molar-refractivity contribution >= 4 is 15.9 Å². The van der Waals surface area contributed by atoms with Crippen LogP contribution >= 0.6 is 15.9 Å². The Bertz CT molecular complexity index is 80.6. The fraction of sp³-hybridized carbons (Fsp3) is 1.00. The molecular formula is C8H15Br. The van der Waals surface area contributed by atoms with E-state index in [1.807, 2.05) is 0 Å². The van der Waals surface area contributed by atoms with Crippen molar-refractivity contribution in [2.45, 2.75) is 37.9 Å². The lowest BCUT2D eigenvalue weighted by molar-refractivity contribution is 0.290. The van der Waals surface area contributed by atoms with E-state index >= 15 is 0 Å². The van der Waals surface area contributed by atoms with E-state index in [2.05, 4.69) is 29.8 Å². The normalized spacial score (nSPS) is 45.0. The first-order valence-corrected chi connectivity index (χ1v) is 4.77. The minimum absolute atomic E-state index is 0.793. The van der Waals surface area contributed by atoms with Crippen molar-refractivity contribution in [1.82, 2.24) is 0 Å². The van der Waals surface area contributed by atoms with Gasteiger partial charge in [-0.05, 0) is 18.3 Å². The Morgan fingerprint density at radius 3 is 2.33 bits per heavy atom. The fourth-order valence-electron chi connectivity index (χ4n) is 1.52. The van der Waals surface area contributed by atoms with Crippen LogP contribution in [0.2, 0.25) is 0 Å². The first-order chi connectivity index (χ1) is 4.22. The summed E-state index contributed by atoms with van der Waals surface area (Å²) in [5.41, 5.74) is 0. The van der Waals surface area contributed by atoms with E-state index in [1.54, 1.807) is 0 Å². The molecule has 54 valence electrons. The Labute approximate surface area is 66.2 Å².